The topological polar surface area (TPSA) is 85.1 Å². The molecule has 2 N–H and O–H groups in total. The van der Waals surface area contributed by atoms with E-state index in [1.54, 1.807) is 68.0 Å². The third kappa shape index (κ3) is 5.56. The average molecular weight is 521 g/mol. The third-order valence-electron chi connectivity index (χ3n) is 5.66. The number of nitrogens with zero attached hydrogens (tertiary/aromatic N) is 2. The summed E-state index contributed by atoms with van der Waals surface area (Å²) in [4.78, 5) is 39.4. The van der Waals surface area contributed by atoms with Crippen molar-refractivity contribution in [1.29, 1.82) is 0 Å². The van der Waals surface area contributed by atoms with Crippen molar-refractivity contribution in [3.05, 3.63) is 105 Å². The molecule has 0 fully saturated rings. The molecule has 184 valence electrons. The lowest BCUT2D eigenvalue weighted by Crippen LogP contribution is -2.27. The van der Waals surface area contributed by atoms with Gasteiger partial charge in [-0.15, -0.1) is 11.8 Å². The van der Waals surface area contributed by atoms with Crippen LogP contribution in [0.2, 0.25) is 5.02 Å². The van der Waals surface area contributed by atoms with Crippen molar-refractivity contribution in [2.24, 2.45) is 7.05 Å². The number of anilines is 2. The van der Waals surface area contributed by atoms with Gasteiger partial charge in [0.1, 0.15) is 5.69 Å². The molecule has 0 aliphatic heterocycles. The maximum absolute atomic E-state index is 13.1. The van der Waals surface area contributed by atoms with Crippen LogP contribution in [-0.4, -0.2) is 26.4 Å². The Balaban J connectivity index is 1.45. The first-order chi connectivity index (χ1) is 17.2. The van der Waals surface area contributed by atoms with Crippen molar-refractivity contribution in [2.45, 2.75) is 24.0 Å². The standard InChI is InChI=1S/C27H25ClN4O3S/c1-17-24(27(35)32(31(17)3)22-12-5-4-6-13-22)30-25(33)18(2)36-23-14-8-11-21(16-23)29-26(34)19-9-7-10-20(28)15-19/h4-16,18H,1-3H3,(H,29,34)(H,30,33). The highest BCUT2D eigenvalue weighted by molar-refractivity contribution is 8.00. The number of hydrogen-bond donors (Lipinski definition) is 2. The molecular weight excluding hydrogens is 496 g/mol. The van der Waals surface area contributed by atoms with Crippen LogP contribution in [0.1, 0.15) is 23.0 Å². The monoisotopic (exact) mass is 520 g/mol. The molecule has 0 saturated heterocycles. The van der Waals surface area contributed by atoms with Gasteiger partial charge in [0.15, 0.2) is 0 Å². The van der Waals surface area contributed by atoms with Crippen LogP contribution in [0.4, 0.5) is 11.4 Å². The van der Waals surface area contributed by atoms with Crippen LogP contribution < -0.4 is 16.2 Å². The highest BCUT2D eigenvalue weighted by Crippen LogP contribution is 2.27. The molecule has 36 heavy (non-hydrogen) atoms. The van der Waals surface area contributed by atoms with Gasteiger partial charge in [0.25, 0.3) is 11.5 Å². The lowest BCUT2D eigenvalue weighted by atomic mass is 10.2. The molecule has 4 aromatic rings. The van der Waals surface area contributed by atoms with Gasteiger partial charge in [0.05, 0.1) is 16.6 Å². The molecule has 1 atom stereocenters. The summed E-state index contributed by atoms with van der Waals surface area (Å²) >= 11 is 7.31. The van der Waals surface area contributed by atoms with Crippen molar-refractivity contribution in [3.8, 4) is 5.69 Å². The highest BCUT2D eigenvalue weighted by atomic mass is 35.5. The van der Waals surface area contributed by atoms with E-state index in [0.717, 1.165) is 4.90 Å². The first kappa shape index (κ1) is 25.3. The Kier molecular flexibility index (Phi) is 7.67. The van der Waals surface area contributed by atoms with Gasteiger partial charge in [-0.1, -0.05) is 41.9 Å². The SMILES string of the molecule is Cc1c(NC(=O)C(C)Sc2cccc(NC(=O)c3cccc(Cl)c3)c2)c(=O)n(-c2ccccc2)n1C. The van der Waals surface area contributed by atoms with Crippen LogP contribution in [0.15, 0.2) is 88.6 Å². The second-order valence-electron chi connectivity index (χ2n) is 8.18. The predicted molar refractivity (Wildman–Crippen MR) is 146 cm³/mol. The molecule has 0 aliphatic carbocycles. The summed E-state index contributed by atoms with van der Waals surface area (Å²) in [5.74, 6) is -0.570. The quantitative estimate of drug-likeness (QED) is 0.315. The number of halogens is 1. The first-order valence-electron chi connectivity index (χ1n) is 11.2. The van der Waals surface area contributed by atoms with Crippen LogP contribution in [0.5, 0.6) is 0 Å². The van der Waals surface area contributed by atoms with E-state index in [9.17, 15) is 14.4 Å². The van der Waals surface area contributed by atoms with Gasteiger partial charge >= 0.3 is 0 Å². The number of thioether (sulfide) groups is 1. The van der Waals surface area contributed by atoms with Gasteiger partial charge in [0, 0.05) is 28.2 Å². The lowest BCUT2D eigenvalue weighted by Gasteiger charge is -2.12. The van der Waals surface area contributed by atoms with E-state index in [4.69, 9.17) is 11.6 Å². The predicted octanol–water partition coefficient (Wildman–Crippen LogP) is 5.51. The van der Waals surface area contributed by atoms with E-state index >= 15 is 0 Å². The summed E-state index contributed by atoms with van der Waals surface area (Å²) < 4.78 is 3.24. The van der Waals surface area contributed by atoms with Crippen molar-refractivity contribution < 1.29 is 9.59 Å². The van der Waals surface area contributed by atoms with Crippen molar-refractivity contribution in [3.63, 3.8) is 0 Å². The highest BCUT2D eigenvalue weighted by Gasteiger charge is 2.21. The van der Waals surface area contributed by atoms with Crippen LogP contribution in [0.3, 0.4) is 0 Å². The van der Waals surface area contributed by atoms with E-state index in [2.05, 4.69) is 10.6 Å². The van der Waals surface area contributed by atoms with E-state index in [0.29, 0.717) is 27.7 Å². The van der Waals surface area contributed by atoms with Crippen molar-refractivity contribution in [1.82, 2.24) is 9.36 Å². The van der Waals surface area contributed by atoms with Crippen LogP contribution in [0, 0.1) is 6.92 Å². The number of para-hydroxylation sites is 1. The molecule has 2 amide bonds. The van der Waals surface area contributed by atoms with Crippen LogP contribution in [-0.2, 0) is 11.8 Å². The van der Waals surface area contributed by atoms with E-state index in [1.165, 1.54) is 16.4 Å². The molecule has 0 aliphatic rings. The maximum Gasteiger partial charge on any atom is 0.295 e. The number of aromatic nitrogens is 2. The summed E-state index contributed by atoms with van der Waals surface area (Å²) in [6.45, 7) is 3.56. The largest absolute Gasteiger partial charge is 0.322 e. The number of carbonyl (C=O) groups excluding carboxylic acids is 2. The zero-order chi connectivity index (χ0) is 25.8. The molecule has 1 heterocycles. The molecular formula is C27H25ClN4O3S. The molecule has 7 nitrogen and oxygen atoms in total. The number of rotatable bonds is 7. The maximum atomic E-state index is 13.1. The molecule has 0 radical (unpaired) electrons. The Morgan fingerprint density at radius 3 is 2.39 bits per heavy atom. The lowest BCUT2D eigenvalue weighted by molar-refractivity contribution is -0.115. The smallest absolute Gasteiger partial charge is 0.295 e. The summed E-state index contributed by atoms with van der Waals surface area (Å²) in [7, 11) is 1.78. The molecule has 4 rings (SSSR count). The van der Waals surface area contributed by atoms with Crippen LogP contribution in [0.25, 0.3) is 5.69 Å². The van der Waals surface area contributed by atoms with Gasteiger partial charge in [-0.25, -0.2) is 4.68 Å². The number of amides is 2. The van der Waals surface area contributed by atoms with E-state index in [-0.39, 0.29) is 23.1 Å². The van der Waals surface area contributed by atoms with Gasteiger partial charge in [-0.05, 0) is 62.4 Å². The minimum absolute atomic E-state index is 0.251. The molecule has 0 spiro atoms. The summed E-state index contributed by atoms with van der Waals surface area (Å²) in [6, 6.07) is 23.2. The van der Waals surface area contributed by atoms with Crippen LogP contribution >= 0.6 is 23.4 Å². The Labute approximate surface area is 218 Å². The summed E-state index contributed by atoms with van der Waals surface area (Å²) in [6.07, 6.45) is 0. The fourth-order valence-electron chi connectivity index (χ4n) is 3.67. The molecule has 0 saturated carbocycles. The number of carbonyl (C=O) groups is 2. The van der Waals surface area contributed by atoms with E-state index in [1.807, 2.05) is 36.4 Å². The zero-order valence-corrected chi connectivity index (χ0v) is 21.6. The molecule has 0 bridgehead atoms. The fourth-order valence-corrected chi connectivity index (χ4v) is 4.79. The molecule has 1 unspecified atom stereocenters. The normalized spacial score (nSPS) is 11.7. The first-order valence-corrected chi connectivity index (χ1v) is 12.5. The number of nitrogens with one attached hydrogen (secondary N) is 2. The second-order valence-corrected chi connectivity index (χ2v) is 10.0. The van der Waals surface area contributed by atoms with Crippen molar-refractivity contribution in [2.75, 3.05) is 10.6 Å². The Morgan fingerprint density at radius 2 is 1.67 bits per heavy atom. The van der Waals surface area contributed by atoms with Gasteiger partial charge < -0.3 is 10.6 Å². The van der Waals surface area contributed by atoms with Gasteiger partial charge in [-0.2, -0.15) is 0 Å². The minimum Gasteiger partial charge on any atom is -0.322 e. The molecule has 3 aromatic carbocycles. The Hall–Kier alpha value is -3.75. The molecule has 9 heteroatoms. The minimum atomic E-state index is -0.493. The van der Waals surface area contributed by atoms with Gasteiger partial charge in [0.2, 0.25) is 5.91 Å². The summed E-state index contributed by atoms with van der Waals surface area (Å²) in [5, 5.41) is 5.65. The van der Waals surface area contributed by atoms with E-state index < -0.39 is 5.25 Å². The molecule has 1 aromatic heterocycles. The number of benzene rings is 3. The Morgan fingerprint density at radius 1 is 0.944 bits per heavy atom. The number of hydrogen-bond acceptors (Lipinski definition) is 4. The van der Waals surface area contributed by atoms with Crippen molar-refractivity contribution >= 4 is 46.6 Å². The fraction of sp³-hybridized carbons (Fsp3) is 0.148. The third-order valence-corrected chi connectivity index (χ3v) is 6.99. The van der Waals surface area contributed by atoms with Gasteiger partial charge in [-0.3, -0.25) is 19.1 Å². The second kappa shape index (κ2) is 10.9. The summed E-state index contributed by atoms with van der Waals surface area (Å²) in [5.41, 5.74) is 2.38. The zero-order valence-electron chi connectivity index (χ0n) is 20.0. The average Bonchev–Trinajstić information content (AvgIpc) is 3.07. The Bertz CT molecular complexity index is 1480.